The van der Waals surface area contributed by atoms with E-state index in [1.165, 1.54) is 4.57 Å². The van der Waals surface area contributed by atoms with Gasteiger partial charge >= 0.3 is 5.69 Å². The second kappa shape index (κ2) is 6.95. The van der Waals surface area contributed by atoms with Crippen molar-refractivity contribution < 1.29 is 9.53 Å². The SMILES string of the molecule is CCn1c(=O)[nH]c(=O)c2c(C(=O)Nc3cccc(OC)c3)cc(C3CC3)nc21. The van der Waals surface area contributed by atoms with E-state index >= 15 is 0 Å². The molecule has 1 saturated carbocycles. The Hall–Kier alpha value is -3.42. The number of H-pyrrole nitrogens is 1. The third-order valence-corrected chi connectivity index (χ3v) is 4.85. The number of hydrogen-bond acceptors (Lipinski definition) is 5. The fourth-order valence-corrected chi connectivity index (χ4v) is 3.25. The summed E-state index contributed by atoms with van der Waals surface area (Å²) in [5.74, 6) is 0.426. The molecule has 0 aliphatic heterocycles. The predicted octanol–water partition coefficient (Wildman–Crippen LogP) is 2.24. The third kappa shape index (κ3) is 3.17. The van der Waals surface area contributed by atoms with Gasteiger partial charge in [0.05, 0.1) is 18.1 Å². The fraction of sp³-hybridized carbons (Fsp3) is 0.300. The Morgan fingerprint density at radius 3 is 2.79 bits per heavy atom. The molecule has 1 aliphatic carbocycles. The Balaban J connectivity index is 1.88. The first-order chi connectivity index (χ1) is 13.5. The van der Waals surface area contributed by atoms with Crippen molar-refractivity contribution in [3.05, 3.63) is 62.4 Å². The Morgan fingerprint density at radius 1 is 1.32 bits per heavy atom. The molecule has 0 radical (unpaired) electrons. The van der Waals surface area contributed by atoms with Crippen LogP contribution in [0.25, 0.3) is 11.0 Å². The van der Waals surface area contributed by atoms with Crippen molar-refractivity contribution in [2.45, 2.75) is 32.2 Å². The number of aromatic nitrogens is 3. The van der Waals surface area contributed by atoms with E-state index in [1.807, 2.05) is 0 Å². The summed E-state index contributed by atoms with van der Waals surface area (Å²) in [6.45, 7) is 2.13. The van der Waals surface area contributed by atoms with Crippen molar-refractivity contribution in [2.24, 2.45) is 0 Å². The van der Waals surface area contributed by atoms with E-state index in [4.69, 9.17) is 4.74 Å². The number of rotatable bonds is 5. The standard InChI is InChI=1S/C20H20N4O4/c1-3-24-17-16(19(26)23-20(24)27)14(10-15(22-17)11-7-8-11)18(25)21-12-5-4-6-13(9-12)28-2/h4-6,9-11H,3,7-8H2,1-2H3,(H,21,25)(H,23,26,27). The maximum atomic E-state index is 13.0. The zero-order chi connectivity index (χ0) is 19.8. The number of benzene rings is 1. The summed E-state index contributed by atoms with van der Waals surface area (Å²) in [7, 11) is 1.54. The molecule has 3 aromatic rings. The van der Waals surface area contributed by atoms with Gasteiger partial charge in [-0.15, -0.1) is 0 Å². The highest BCUT2D eigenvalue weighted by atomic mass is 16.5. The van der Waals surface area contributed by atoms with E-state index in [1.54, 1.807) is 44.4 Å². The second-order valence-corrected chi connectivity index (χ2v) is 6.76. The number of carbonyl (C=O) groups is 1. The van der Waals surface area contributed by atoms with Gasteiger partial charge in [0, 0.05) is 29.9 Å². The summed E-state index contributed by atoms with van der Waals surface area (Å²) >= 11 is 0. The van der Waals surface area contributed by atoms with E-state index in [0.29, 0.717) is 18.0 Å². The molecule has 8 heteroatoms. The molecule has 28 heavy (non-hydrogen) atoms. The lowest BCUT2D eigenvalue weighted by Gasteiger charge is -2.13. The highest BCUT2D eigenvalue weighted by molar-refractivity contribution is 6.11. The van der Waals surface area contributed by atoms with Crippen LogP contribution in [0.1, 0.15) is 41.7 Å². The largest absolute Gasteiger partial charge is 0.497 e. The maximum absolute atomic E-state index is 13.0. The van der Waals surface area contributed by atoms with Crippen LogP contribution < -0.4 is 21.3 Å². The molecule has 2 heterocycles. The highest BCUT2D eigenvalue weighted by Crippen LogP contribution is 2.40. The molecular weight excluding hydrogens is 360 g/mol. The molecule has 8 nitrogen and oxygen atoms in total. The quantitative estimate of drug-likeness (QED) is 0.706. The van der Waals surface area contributed by atoms with E-state index in [0.717, 1.165) is 18.5 Å². The van der Waals surface area contributed by atoms with Crippen LogP contribution in [0.4, 0.5) is 5.69 Å². The molecule has 1 fully saturated rings. The van der Waals surface area contributed by atoms with Crippen LogP contribution in [-0.4, -0.2) is 27.6 Å². The molecule has 1 amide bonds. The van der Waals surface area contributed by atoms with Crippen LogP contribution in [0.15, 0.2) is 39.9 Å². The molecule has 144 valence electrons. The number of hydrogen-bond donors (Lipinski definition) is 2. The summed E-state index contributed by atoms with van der Waals surface area (Å²) < 4.78 is 6.56. The van der Waals surface area contributed by atoms with Crippen molar-refractivity contribution >= 4 is 22.6 Å². The molecule has 0 spiro atoms. The second-order valence-electron chi connectivity index (χ2n) is 6.76. The summed E-state index contributed by atoms with van der Waals surface area (Å²) in [4.78, 5) is 44.6. The zero-order valence-corrected chi connectivity index (χ0v) is 15.6. The minimum Gasteiger partial charge on any atom is -0.497 e. The van der Waals surface area contributed by atoms with Crippen LogP contribution in [0, 0.1) is 0 Å². The first kappa shape index (κ1) is 18.0. The number of amides is 1. The van der Waals surface area contributed by atoms with Gasteiger partial charge < -0.3 is 10.1 Å². The van der Waals surface area contributed by atoms with Crippen LogP contribution >= 0.6 is 0 Å². The molecule has 2 N–H and O–H groups in total. The summed E-state index contributed by atoms with van der Waals surface area (Å²) in [5.41, 5.74) is 0.586. The Bertz CT molecular complexity index is 1190. The summed E-state index contributed by atoms with van der Waals surface area (Å²) in [6.07, 6.45) is 1.96. The van der Waals surface area contributed by atoms with Gasteiger partial charge in [-0.3, -0.25) is 19.1 Å². The number of aromatic amines is 1. The summed E-state index contributed by atoms with van der Waals surface area (Å²) in [6, 6.07) is 8.62. The molecule has 0 bridgehead atoms. The molecule has 0 atom stereocenters. The third-order valence-electron chi connectivity index (χ3n) is 4.85. The topological polar surface area (TPSA) is 106 Å². The van der Waals surface area contributed by atoms with Gasteiger partial charge in [-0.25, -0.2) is 9.78 Å². The molecule has 1 aromatic carbocycles. The molecular formula is C20H20N4O4. The number of fused-ring (bicyclic) bond motifs is 1. The van der Waals surface area contributed by atoms with Crippen molar-refractivity contribution in [3.8, 4) is 5.75 Å². The highest BCUT2D eigenvalue weighted by Gasteiger charge is 2.28. The van der Waals surface area contributed by atoms with Gasteiger partial charge in [-0.05, 0) is 38.0 Å². The first-order valence-electron chi connectivity index (χ1n) is 9.15. The van der Waals surface area contributed by atoms with Gasteiger partial charge in [0.15, 0.2) is 5.65 Å². The monoisotopic (exact) mass is 380 g/mol. The van der Waals surface area contributed by atoms with Crippen LogP contribution in [0.5, 0.6) is 5.75 Å². The number of ether oxygens (including phenoxy) is 1. The van der Waals surface area contributed by atoms with Crippen molar-refractivity contribution in [2.75, 3.05) is 12.4 Å². The molecule has 0 saturated heterocycles. The number of nitrogens with one attached hydrogen (secondary N) is 2. The minimum absolute atomic E-state index is 0.117. The van der Waals surface area contributed by atoms with Gasteiger partial charge in [0.25, 0.3) is 11.5 Å². The van der Waals surface area contributed by atoms with E-state index < -0.39 is 17.2 Å². The average Bonchev–Trinajstić information content (AvgIpc) is 3.52. The minimum atomic E-state index is -0.615. The first-order valence-corrected chi connectivity index (χ1v) is 9.15. The fourth-order valence-electron chi connectivity index (χ4n) is 3.25. The van der Waals surface area contributed by atoms with Crippen molar-refractivity contribution in [3.63, 3.8) is 0 Å². The van der Waals surface area contributed by atoms with Crippen LogP contribution in [0.2, 0.25) is 0 Å². The lowest BCUT2D eigenvalue weighted by molar-refractivity contribution is 0.102. The maximum Gasteiger partial charge on any atom is 0.329 e. The molecule has 4 rings (SSSR count). The van der Waals surface area contributed by atoms with Crippen molar-refractivity contribution in [1.29, 1.82) is 0 Å². The number of nitrogens with zero attached hydrogens (tertiary/aromatic N) is 2. The summed E-state index contributed by atoms with van der Waals surface area (Å²) in [5, 5.41) is 2.92. The van der Waals surface area contributed by atoms with E-state index in [2.05, 4.69) is 15.3 Å². The predicted molar refractivity (Wildman–Crippen MR) is 105 cm³/mol. The number of anilines is 1. The Morgan fingerprint density at radius 2 is 2.11 bits per heavy atom. The van der Waals surface area contributed by atoms with Gasteiger partial charge in [-0.1, -0.05) is 6.07 Å². The molecule has 1 aliphatic rings. The molecule has 2 aromatic heterocycles. The van der Waals surface area contributed by atoms with E-state index in [9.17, 15) is 14.4 Å². The average molecular weight is 380 g/mol. The lowest BCUT2D eigenvalue weighted by Crippen LogP contribution is -2.32. The number of methoxy groups -OCH3 is 1. The van der Waals surface area contributed by atoms with Crippen LogP contribution in [-0.2, 0) is 6.54 Å². The zero-order valence-electron chi connectivity index (χ0n) is 15.6. The number of pyridine rings is 1. The van der Waals surface area contributed by atoms with Gasteiger partial charge in [0.2, 0.25) is 0 Å². The normalized spacial score (nSPS) is 13.5. The smallest absolute Gasteiger partial charge is 0.329 e. The Labute approximate surface area is 160 Å². The number of aryl methyl sites for hydroxylation is 1. The molecule has 0 unspecified atom stereocenters. The lowest BCUT2D eigenvalue weighted by atomic mass is 10.1. The van der Waals surface area contributed by atoms with Gasteiger partial charge in [0.1, 0.15) is 5.75 Å². The number of carbonyl (C=O) groups excluding carboxylic acids is 1. The van der Waals surface area contributed by atoms with Crippen molar-refractivity contribution in [1.82, 2.24) is 14.5 Å². The van der Waals surface area contributed by atoms with E-state index in [-0.39, 0.29) is 22.5 Å². The van der Waals surface area contributed by atoms with Gasteiger partial charge in [-0.2, -0.15) is 0 Å². The van der Waals surface area contributed by atoms with Crippen LogP contribution in [0.3, 0.4) is 0 Å². The Kier molecular flexibility index (Phi) is 4.46.